The lowest BCUT2D eigenvalue weighted by Crippen LogP contribution is -2.45. The average Bonchev–Trinajstić information content (AvgIpc) is 3.08. The number of pyridine rings is 1. The summed E-state index contributed by atoms with van der Waals surface area (Å²) in [6.45, 7) is 5.55. The van der Waals surface area contributed by atoms with Gasteiger partial charge in [0.15, 0.2) is 0 Å². The minimum atomic E-state index is -0.00161. The van der Waals surface area contributed by atoms with Crippen LogP contribution in [0.25, 0.3) is 0 Å². The molecule has 3 atom stereocenters. The highest BCUT2D eigenvalue weighted by Gasteiger charge is 2.49. The van der Waals surface area contributed by atoms with Crippen LogP contribution >= 0.6 is 0 Å². The lowest BCUT2D eigenvalue weighted by molar-refractivity contribution is 0.0493. The molecule has 2 bridgehead atoms. The number of amides is 2. The molecule has 1 saturated carbocycles. The smallest absolute Gasteiger partial charge is 0.318 e. The normalized spacial score (nSPS) is 26.9. The second-order valence-electron chi connectivity index (χ2n) is 5.66. The number of nitrogens with zero attached hydrogens (tertiary/aromatic N) is 2. The van der Waals surface area contributed by atoms with E-state index in [0.717, 1.165) is 24.9 Å². The Morgan fingerprint density at radius 2 is 2.48 bits per heavy atom. The van der Waals surface area contributed by atoms with Crippen molar-refractivity contribution in [2.45, 2.75) is 31.5 Å². The van der Waals surface area contributed by atoms with Gasteiger partial charge in [-0.05, 0) is 24.5 Å². The summed E-state index contributed by atoms with van der Waals surface area (Å²) in [5, 5.41) is 2.97. The van der Waals surface area contributed by atoms with Crippen LogP contribution in [0.5, 0.6) is 0 Å². The van der Waals surface area contributed by atoms with Crippen LogP contribution < -0.4 is 5.32 Å². The highest BCUT2D eigenvalue weighted by atomic mass is 16.5. The largest absolute Gasteiger partial charge is 0.372 e. The van der Waals surface area contributed by atoms with Crippen LogP contribution in [0, 0.1) is 5.92 Å². The van der Waals surface area contributed by atoms with Crippen molar-refractivity contribution in [3.8, 4) is 0 Å². The minimum Gasteiger partial charge on any atom is -0.372 e. The van der Waals surface area contributed by atoms with Crippen molar-refractivity contribution >= 4 is 6.03 Å². The van der Waals surface area contributed by atoms with Crippen molar-refractivity contribution in [3.63, 3.8) is 0 Å². The highest BCUT2D eigenvalue weighted by molar-refractivity contribution is 5.75. The van der Waals surface area contributed by atoms with Gasteiger partial charge in [-0.25, -0.2) is 4.79 Å². The van der Waals surface area contributed by atoms with Crippen LogP contribution in [0.1, 0.15) is 18.4 Å². The van der Waals surface area contributed by atoms with Gasteiger partial charge in [-0.15, -0.1) is 6.58 Å². The first-order valence-corrected chi connectivity index (χ1v) is 7.45. The second kappa shape index (κ2) is 6.26. The molecule has 1 aromatic rings. The fourth-order valence-electron chi connectivity index (χ4n) is 3.39. The number of urea groups is 1. The molecule has 5 heteroatoms. The lowest BCUT2D eigenvalue weighted by Gasteiger charge is -2.27. The predicted octanol–water partition coefficient (Wildman–Crippen LogP) is 1.96. The number of piperidine rings is 1. The van der Waals surface area contributed by atoms with Gasteiger partial charge in [0.05, 0.1) is 18.8 Å². The average molecular weight is 287 g/mol. The Bertz CT molecular complexity index is 506. The quantitative estimate of drug-likeness (QED) is 0.842. The van der Waals surface area contributed by atoms with Crippen LogP contribution in [0.3, 0.4) is 0 Å². The van der Waals surface area contributed by atoms with Crippen molar-refractivity contribution < 1.29 is 9.53 Å². The molecule has 0 aromatic carbocycles. The van der Waals surface area contributed by atoms with Crippen LogP contribution in [-0.2, 0) is 11.3 Å². The molecule has 1 aromatic heterocycles. The molecule has 1 N–H and O–H groups in total. The first-order valence-electron chi connectivity index (χ1n) is 7.45. The van der Waals surface area contributed by atoms with Gasteiger partial charge in [0.2, 0.25) is 0 Å². The summed E-state index contributed by atoms with van der Waals surface area (Å²) in [4.78, 5) is 18.3. The van der Waals surface area contributed by atoms with E-state index in [0.29, 0.717) is 19.1 Å². The number of carbonyl (C=O) groups excluding carboxylic acids is 1. The Hall–Kier alpha value is -1.88. The summed E-state index contributed by atoms with van der Waals surface area (Å²) < 4.78 is 5.83. The van der Waals surface area contributed by atoms with Crippen molar-refractivity contribution in [1.29, 1.82) is 0 Å². The molecule has 2 heterocycles. The molecule has 1 aliphatic heterocycles. The summed E-state index contributed by atoms with van der Waals surface area (Å²) in [6, 6.07) is 4.04. The minimum absolute atomic E-state index is 0.00161. The number of hydrogen-bond acceptors (Lipinski definition) is 3. The van der Waals surface area contributed by atoms with Gasteiger partial charge in [-0.2, -0.15) is 0 Å². The van der Waals surface area contributed by atoms with Gasteiger partial charge in [0.1, 0.15) is 0 Å². The second-order valence-corrected chi connectivity index (χ2v) is 5.66. The first kappa shape index (κ1) is 14.1. The summed E-state index contributed by atoms with van der Waals surface area (Å²) in [5.41, 5.74) is 1.01. The van der Waals surface area contributed by atoms with Gasteiger partial charge >= 0.3 is 6.03 Å². The van der Waals surface area contributed by atoms with Gasteiger partial charge in [-0.1, -0.05) is 12.1 Å². The maximum Gasteiger partial charge on any atom is 0.318 e. The molecule has 2 amide bonds. The van der Waals surface area contributed by atoms with Crippen LogP contribution in [0.4, 0.5) is 4.79 Å². The number of aromatic nitrogens is 1. The maximum atomic E-state index is 12.3. The Balaban J connectivity index is 1.55. The molecule has 0 radical (unpaired) electrons. The third-order valence-corrected chi connectivity index (χ3v) is 4.34. The molecule has 0 unspecified atom stereocenters. The van der Waals surface area contributed by atoms with Crippen molar-refractivity contribution in [1.82, 2.24) is 15.2 Å². The van der Waals surface area contributed by atoms with Crippen LogP contribution in [0.2, 0.25) is 0 Å². The van der Waals surface area contributed by atoms with Gasteiger partial charge in [-0.3, -0.25) is 4.98 Å². The van der Waals surface area contributed by atoms with Gasteiger partial charge in [0.25, 0.3) is 0 Å². The maximum absolute atomic E-state index is 12.3. The Labute approximate surface area is 125 Å². The molecule has 21 heavy (non-hydrogen) atoms. The number of fused-ring (bicyclic) bond motifs is 2. The predicted molar refractivity (Wildman–Crippen MR) is 79.6 cm³/mol. The monoisotopic (exact) mass is 287 g/mol. The highest BCUT2D eigenvalue weighted by Crippen LogP contribution is 2.39. The zero-order valence-corrected chi connectivity index (χ0v) is 12.1. The summed E-state index contributed by atoms with van der Waals surface area (Å²) in [5.74, 6) is 0.471. The number of nitrogens with one attached hydrogen (secondary N) is 1. The molecule has 2 fully saturated rings. The SMILES string of the molecule is C=CCO[C@H]1[C@H]2CC[C@H]1N(C(=O)NCc1cccnc1)C2. The van der Waals surface area contributed by atoms with Crippen LogP contribution in [0.15, 0.2) is 37.2 Å². The van der Waals surface area contributed by atoms with Crippen molar-refractivity contribution in [2.24, 2.45) is 5.92 Å². The van der Waals surface area contributed by atoms with Crippen molar-refractivity contribution in [3.05, 3.63) is 42.7 Å². The van der Waals surface area contributed by atoms with E-state index in [9.17, 15) is 4.79 Å². The van der Waals surface area contributed by atoms with Crippen molar-refractivity contribution in [2.75, 3.05) is 13.2 Å². The molecule has 2 aliphatic rings. The third-order valence-electron chi connectivity index (χ3n) is 4.34. The Morgan fingerprint density at radius 1 is 1.57 bits per heavy atom. The first-order chi connectivity index (χ1) is 10.3. The molecule has 1 saturated heterocycles. The molecule has 5 nitrogen and oxygen atoms in total. The summed E-state index contributed by atoms with van der Waals surface area (Å²) in [7, 11) is 0. The molecular formula is C16H21N3O2. The van der Waals surface area contributed by atoms with E-state index in [1.165, 1.54) is 0 Å². The molecular weight excluding hydrogens is 266 g/mol. The van der Waals surface area contributed by atoms with E-state index < -0.39 is 0 Å². The molecule has 0 spiro atoms. The number of rotatable bonds is 5. The zero-order chi connectivity index (χ0) is 14.7. The van der Waals surface area contributed by atoms with E-state index >= 15 is 0 Å². The number of ether oxygens (including phenoxy) is 1. The fourth-order valence-corrected chi connectivity index (χ4v) is 3.39. The Kier molecular flexibility index (Phi) is 4.20. The topological polar surface area (TPSA) is 54.5 Å². The molecule has 1 aliphatic carbocycles. The van der Waals surface area contributed by atoms with Gasteiger partial charge in [0, 0.05) is 31.4 Å². The standard InChI is InChI=1S/C16H21N3O2/c1-2-8-21-15-13-5-6-14(15)19(11-13)16(20)18-10-12-4-3-7-17-9-12/h2-4,7,9,13-15H,1,5-6,8,10-11H2,(H,18,20)/t13-,14+,15-/m0/s1. The number of carbonyl (C=O) groups is 1. The molecule has 3 rings (SSSR count). The fraction of sp³-hybridized carbons (Fsp3) is 0.500. The summed E-state index contributed by atoms with van der Waals surface area (Å²) >= 11 is 0. The van der Waals surface area contributed by atoms with E-state index in [4.69, 9.17) is 4.74 Å². The number of hydrogen-bond donors (Lipinski definition) is 1. The third kappa shape index (κ3) is 2.93. The number of likely N-dealkylation sites (tertiary alicyclic amines) is 1. The van der Waals surface area contributed by atoms with Crippen LogP contribution in [-0.4, -0.2) is 41.2 Å². The Morgan fingerprint density at radius 3 is 3.24 bits per heavy atom. The molecule has 112 valence electrons. The van der Waals surface area contributed by atoms with E-state index in [1.54, 1.807) is 18.5 Å². The van der Waals surface area contributed by atoms with E-state index in [-0.39, 0.29) is 18.2 Å². The zero-order valence-electron chi connectivity index (χ0n) is 12.1. The van der Waals surface area contributed by atoms with E-state index in [1.807, 2.05) is 17.0 Å². The van der Waals surface area contributed by atoms with E-state index in [2.05, 4.69) is 16.9 Å². The van der Waals surface area contributed by atoms with Gasteiger partial charge < -0.3 is 15.0 Å². The lowest BCUT2D eigenvalue weighted by atomic mass is 10.1. The summed E-state index contributed by atoms with van der Waals surface area (Å²) in [6.07, 6.45) is 7.63.